The number of ether oxygens (including phenoxy) is 1. The van der Waals surface area contributed by atoms with Crippen LogP contribution >= 0.6 is 11.3 Å². The Hall–Kier alpha value is -0.910. The maximum Gasteiger partial charge on any atom is 0.234 e. The lowest BCUT2D eigenvalue weighted by Gasteiger charge is -2.27. The van der Waals surface area contributed by atoms with Crippen LogP contribution in [-0.4, -0.2) is 42.6 Å². The molecule has 1 aliphatic carbocycles. The summed E-state index contributed by atoms with van der Waals surface area (Å²) in [5, 5.41) is 5.33. The zero-order chi connectivity index (χ0) is 15.9. The Morgan fingerprint density at radius 2 is 2.13 bits per heavy atom. The Balaban J connectivity index is 1.51. The van der Waals surface area contributed by atoms with Gasteiger partial charge in [0.2, 0.25) is 5.91 Å². The highest BCUT2D eigenvalue weighted by molar-refractivity contribution is 7.09. The van der Waals surface area contributed by atoms with Crippen LogP contribution in [0.25, 0.3) is 0 Å². The lowest BCUT2D eigenvalue weighted by atomic mass is 9.95. The number of rotatable bonds is 7. The van der Waals surface area contributed by atoms with E-state index in [0.29, 0.717) is 12.6 Å². The molecule has 1 aromatic heterocycles. The Morgan fingerprint density at radius 1 is 1.26 bits per heavy atom. The molecule has 3 rings (SSSR count). The van der Waals surface area contributed by atoms with E-state index in [-0.39, 0.29) is 12.0 Å². The summed E-state index contributed by atoms with van der Waals surface area (Å²) >= 11 is 1.76. The van der Waals surface area contributed by atoms with Gasteiger partial charge in [-0.25, -0.2) is 0 Å². The first-order valence-corrected chi connectivity index (χ1v) is 9.83. The first-order chi connectivity index (χ1) is 11.3. The van der Waals surface area contributed by atoms with E-state index in [1.165, 1.54) is 24.1 Å². The molecule has 0 radical (unpaired) electrons. The number of carbonyl (C=O) groups is 1. The third kappa shape index (κ3) is 5.59. The van der Waals surface area contributed by atoms with Gasteiger partial charge in [-0.15, -0.1) is 11.3 Å². The molecule has 2 fully saturated rings. The molecule has 0 bridgehead atoms. The Labute approximate surface area is 143 Å². The Kier molecular flexibility index (Phi) is 6.48. The average Bonchev–Trinajstić information content (AvgIpc) is 3.22. The number of hydrogen-bond acceptors (Lipinski definition) is 4. The Morgan fingerprint density at radius 3 is 2.83 bits per heavy atom. The molecule has 2 aliphatic rings. The standard InChI is InChI=1S/C18H28N2O2S/c21-18(19-15-6-2-1-3-7-15)14-20(12-16-8-4-10-22-16)13-17-9-5-11-23-17/h5,9,11,15-16H,1-4,6-8,10,12-14H2,(H,19,21)/t16-/m1/s1. The molecule has 1 amide bonds. The molecule has 5 heteroatoms. The number of nitrogens with one attached hydrogen (secondary N) is 1. The van der Waals surface area contributed by atoms with E-state index in [0.717, 1.165) is 45.4 Å². The minimum atomic E-state index is 0.173. The molecule has 23 heavy (non-hydrogen) atoms. The van der Waals surface area contributed by atoms with E-state index >= 15 is 0 Å². The predicted molar refractivity (Wildman–Crippen MR) is 93.6 cm³/mol. The lowest BCUT2D eigenvalue weighted by Crippen LogP contribution is -2.44. The summed E-state index contributed by atoms with van der Waals surface area (Å²) in [6, 6.07) is 4.61. The molecule has 1 saturated carbocycles. The molecule has 0 unspecified atom stereocenters. The van der Waals surface area contributed by atoms with Crippen molar-refractivity contribution in [3.63, 3.8) is 0 Å². The quantitative estimate of drug-likeness (QED) is 0.831. The zero-order valence-corrected chi connectivity index (χ0v) is 14.7. The van der Waals surface area contributed by atoms with Crippen LogP contribution in [0.5, 0.6) is 0 Å². The van der Waals surface area contributed by atoms with Gasteiger partial charge in [0.1, 0.15) is 0 Å². The van der Waals surface area contributed by atoms with Crippen LogP contribution in [-0.2, 0) is 16.1 Å². The van der Waals surface area contributed by atoms with Gasteiger partial charge in [-0.3, -0.25) is 9.69 Å². The van der Waals surface area contributed by atoms with Crippen LogP contribution in [0.1, 0.15) is 49.8 Å². The number of nitrogens with zero attached hydrogens (tertiary/aromatic N) is 1. The zero-order valence-electron chi connectivity index (χ0n) is 13.8. The summed E-state index contributed by atoms with van der Waals surface area (Å²) < 4.78 is 5.76. The second-order valence-electron chi connectivity index (χ2n) is 6.79. The summed E-state index contributed by atoms with van der Waals surface area (Å²) in [5.41, 5.74) is 0. The van der Waals surface area contributed by atoms with Gasteiger partial charge in [-0.1, -0.05) is 25.3 Å². The molecule has 1 atom stereocenters. The Bertz CT molecular complexity index is 465. The van der Waals surface area contributed by atoms with E-state index in [1.807, 2.05) is 0 Å². The predicted octanol–water partition coefficient (Wildman–Crippen LogP) is 3.18. The number of carbonyl (C=O) groups excluding carboxylic acids is 1. The SMILES string of the molecule is O=C(CN(Cc1cccs1)C[C@H]1CCCO1)NC1CCCCC1. The van der Waals surface area contributed by atoms with Crippen molar-refractivity contribution in [3.05, 3.63) is 22.4 Å². The lowest BCUT2D eigenvalue weighted by molar-refractivity contribution is -0.123. The highest BCUT2D eigenvalue weighted by Crippen LogP contribution is 2.19. The van der Waals surface area contributed by atoms with Gasteiger partial charge in [0.15, 0.2) is 0 Å². The van der Waals surface area contributed by atoms with Crippen molar-refractivity contribution in [2.75, 3.05) is 19.7 Å². The monoisotopic (exact) mass is 336 g/mol. The van der Waals surface area contributed by atoms with Gasteiger partial charge in [-0.05, 0) is 37.1 Å². The summed E-state index contributed by atoms with van der Waals surface area (Å²) in [6.07, 6.45) is 8.65. The van der Waals surface area contributed by atoms with Crippen molar-refractivity contribution in [1.82, 2.24) is 10.2 Å². The van der Waals surface area contributed by atoms with E-state index < -0.39 is 0 Å². The molecular formula is C18H28N2O2S. The number of thiophene rings is 1. The van der Waals surface area contributed by atoms with E-state index in [9.17, 15) is 4.79 Å². The van der Waals surface area contributed by atoms with Crippen LogP contribution in [0, 0.1) is 0 Å². The van der Waals surface area contributed by atoms with Crippen molar-refractivity contribution in [3.8, 4) is 0 Å². The molecule has 2 heterocycles. The van der Waals surface area contributed by atoms with Gasteiger partial charge in [0.05, 0.1) is 12.6 Å². The highest BCUT2D eigenvalue weighted by Gasteiger charge is 2.22. The van der Waals surface area contributed by atoms with Gasteiger partial charge in [0.25, 0.3) is 0 Å². The fourth-order valence-corrected chi connectivity index (χ4v) is 4.35. The molecule has 1 aliphatic heterocycles. The summed E-state index contributed by atoms with van der Waals surface area (Å²) in [4.78, 5) is 16.0. The van der Waals surface area contributed by atoms with Crippen LogP contribution in [0.3, 0.4) is 0 Å². The normalized spacial score (nSPS) is 22.6. The van der Waals surface area contributed by atoms with E-state index in [4.69, 9.17) is 4.74 Å². The van der Waals surface area contributed by atoms with Crippen molar-refractivity contribution in [2.45, 2.75) is 63.6 Å². The summed E-state index contributed by atoms with van der Waals surface area (Å²) in [6.45, 7) is 3.05. The molecule has 1 saturated heterocycles. The molecule has 128 valence electrons. The van der Waals surface area contributed by atoms with Crippen molar-refractivity contribution in [1.29, 1.82) is 0 Å². The fraction of sp³-hybridized carbons (Fsp3) is 0.722. The van der Waals surface area contributed by atoms with Gasteiger partial charge in [0, 0.05) is 30.6 Å². The molecule has 1 aromatic rings. The maximum absolute atomic E-state index is 12.4. The van der Waals surface area contributed by atoms with Crippen molar-refractivity contribution < 1.29 is 9.53 Å². The van der Waals surface area contributed by atoms with Gasteiger partial charge >= 0.3 is 0 Å². The second kappa shape index (κ2) is 8.81. The van der Waals surface area contributed by atoms with Crippen molar-refractivity contribution >= 4 is 17.2 Å². The first kappa shape index (κ1) is 16.9. The van der Waals surface area contributed by atoms with Crippen LogP contribution < -0.4 is 5.32 Å². The van der Waals surface area contributed by atoms with E-state index in [2.05, 4.69) is 27.7 Å². The number of amides is 1. The summed E-state index contributed by atoms with van der Waals surface area (Å²) in [5.74, 6) is 0.173. The minimum Gasteiger partial charge on any atom is -0.377 e. The second-order valence-corrected chi connectivity index (χ2v) is 7.82. The van der Waals surface area contributed by atoms with Crippen molar-refractivity contribution in [2.24, 2.45) is 0 Å². The van der Waals surface area contributed by atoms with Crippen LogP contribution in [0.15, 0.2) is 17.5 Å². The van der Waals surface area contributed by atoms with Crippen LogP contribution in [0.2, 0.25) is 0 Å². The molecular weight excluding hydrogens is 308 g/mol. The van der Waals surface area contributed by atoms with Gasteiger partial charge < -0.3 is 10.1 Å². The average molecular weight is 337 g/mol. The molecule has 0 aromatic carbocycles. The minimum absolute atomic E-state index is 0.173. The third-order valence-corrected chi connectivity index (χ3v) is 5.64. The van der Waals surface area contributed by atoms with Crippen LogP contribution in [0.4, 0.5) is 0 Å². The smallest absolute Gasteiger partial charge is 0.234 e. The fourth-order valence-electron chi connectivity index (χ4n) is 3.61. The largest absolute Gasteiger partial charge is 0.377 e. The first-order valence-electron chi connectivity index (χ1n) is 8.95. The molecule has 4 nitrogen and oxygen atoms in total. The number of hydrogen-bond donors (Lipinski definition) is 1. The topological polar surface area (TPSA) is 41.6 Å². The van der Waals surface area contributed by atoms with E-state index in [1.54, 1.807) is 11.3 Å². The summed E-state index contributed by atoms with van der Waals surface area (Å²) in [7, 11) is 0. The molecule has 1 N–H and O–H groups in total. The molecule has 0 spiro atoms. The third-order valence-electron chi connectivity index (χ3n) is 4.78. The highest BCUT2D eigenvalue weighted by atomic mass is 32.1. The van der Waals surface area contributed by atoms with Gasteiger partial charge in [-0.2, -0.15) is 0 Å². The maximum atomic E-state index is 12.4.